The molecule has 3 heterocycles. The summed E-state index contributed by atoms with van der Waals surface area (Å²) >= 11 is 0. The van der Waals surface area contributed by atoms with Gasteiger partial charge in [0.15, 0.2) is 0 Å². The standard InChI is InChI=1S/C18H21N5O/c1-18(2,3)15-14-10(9-13(24)21-17(14)23(4)22-15)16-19-11-7-5-6-8-12(11)20-16/h5-8,10H,9H2,1-4H3,(H,19,20)(H,21,24). The molecule has 1 aliphatic rings. The summed E-state index contributed by atoms with van der Waals surface area (Å²) in [6.07, 6.45) is 0.377. The molecular weight excluding hydrogens is 302 g/mol. The molecule has 24 heavy (non-hydrogen) atoms. The van der Waals surface area contributed by atoms with Gasteiger partial charge in [-0.1, -0.05) is 32.9 Å². The van der Waals surface area contributed by atoms with Gasteiger partial charge < -0.3 is 10.3 Å². The highest BCUT2D eigenvalue weighted by Gasteiger charge is 2.37. The van der Waals surface area contributed by atoms with Crippen LogP contribution in [0.1, 0.15) is 50.2 Å². The van der Waals surface area contributed by atoms with E-state index in [9.17, 15) is 4.79 Å². The van der Waals surface area contributed by atoms with Crippen LogP contribution < -0.4 is 5.32 Å². The van der Waals surface area contributed by atoms with E-state index in [2.05, 4.69) is 36.2 Å². The molecule has 1 unspecified atom stereocenters. The van der Waals surface area contributed by atoms with E-state index in [0.29, 0.717) is 6.42 Å². The molecule has 1 aromatic carbocycles. The van der Waals surface area contributed by atoms with E-state index in [1.807, 2.05) is 31.3 Å². The molecule has 2 N–H and O–H groups in total. The van der Waals surface area contributed by atoms with Crippen molar-refractivity contribution >= 4 is 22.8 Å². The number of benzene rings is 1. The summed E-state index contributed by atoms with van der Waals surface area (Å²) in [6.45, 7) is 6.42. The van der Waals surface area contributed by atoms with Crippen molar-refractivity contribution in [2.75, 3.05) is 5.32 Å². The van der Waals surface area contributed by atoms with Gasteiger partial charge in [-0.15, -0.1) is 0 Å². The number of rotatable bonds is 1. The SMILES string of the molecule is Cn1nc(C(C)(C)C)c2c1NC(=O)CC2c1nc2ccccc2[nH]1. The smallest absolute Gasteiger partial charge is 0.226 e. The Morgan fingerprint density at radius 1 is 1.25 bits per heavy atom. The first-order valence-electron chi connectivity index (χ1n) is 8.16. The van der Waals surface area contributed by atoms with Crippen LogP contribution in [0, 0.1) is 0 Å². The van der Waals surface area contributed by atoms with Gasteiger partial charge >= 0.3 is 0 Å². The van der Waals surface area contributed by atoms with E-state index in [1.54, 1.807) is 4.68 Å². The number of aromatic amines is 1. The Morgan fingerprint density at radius 2 is 2.00 bits per heavy atom. The molecule has 0 fully saturated rings. The van der Waals surface area contributed by atoms with Crippen LogP contribution in [0.3, 0.4) is 0 Å². The van der Waals surface area contributed by atoms with Crippen molar-refractivity contribution in [3.05, 3.63) is 41.3 Å². The Labute approximate surface area is 140 Å². The summed E-state index contributed by atoms with van der Waals surface area (Å²) in [4.78, 5) is 20.4. The number of nitrogens with zero attached hydrogens (tertiary/aromatic N) is 3. The first-order valence-corrected chi connectivity index (χ1v) is 8.16. The average Bonchev–Trinajstić information content (AvgIpc) is 3.08. The highest BCUT2D eigenvalue weighted by atomic mass is 16.1. The highest BCUT2D eigenvalue weighted by molar-refractivity contribution is 5.94. The van der Waals surface area contributed by atoms with Crippen LogP contribution in [0.15, 0.2) is 24.3 Å². The molecule has 0 spiro atoms. The number of H-pyrrole nitrogens is 1. The third-order valence-electron chi connectivity index (χ3n) is 4.53. The quantitative estimate of drug-likeness (QED) is 0.722. The molecule has 1 aliphatic heterocycles. The molecule has 1 atom stereocenters. The van der Waals surface area contributed by atoms with E-state index in [1.165, 1.54) is 0 Å². The maximum Gasteiger partial charge on any atom is 0.226 e. The van der Waals surface area contributed by atoms with Gasteiger partial charge in [0.1, 0.15) is 11.6 Å². The van der Waals surface area contributed by atoms with E-state index < -0.39 is 0 Å². The van der Waals surface area contributed by atoms with E-state index in [-0.39, 0.29) is 17.2 Å². The normalized spacial score (nSPS) is 17.8. The molecule has 0 saturated heterocycles. The fraction of sp³-hybridized carbons (Fsp3) is 0.389. The molecule has 6 heteroatoms. The molecular formula is C18H21N5O. The van der Waals surface area contributed by atoms with Gasteiger partial charge in [0.2, 0.25) is 5.91 Å². The summed E-state index contributed by atoms with van der Waals surface area (Å²) in [7, 11) is 1.87. The monoisotopic (exact) mass is 323 g/mol. The largest absolute Gasteiger partial charge is 0.341 e. The molecule has 6 nitrogen and oxygen atoms in total. The van der Waals surface area contributed by atoms with Crippen LogP contribution in [-0.4, -0.2) is 25.7 Å². The summed E-state index contributed by atoms with van der Waals surface area (Å²) < 4.78 is 1.77. The number of hydrogen-bond donors (Lipinski definition) is 2. The Balaban J connectivity index is 1.93. The number of anilines is 1. The lowest BCUT2D eigenvalue weighted by Gasteiger charge is -2.25. The minimum atomic E-state index is -0.113. The zero-order valence-electron chi connectivity index (χ0n) is 14.3. The van der Waals surface area contributed by atoms with Crippen molar-refractivity contribution in [2.24, 2.45) is 7.05 Å². The van der Waals surface area contributed by atoms with Gasteiger partial charge in [-0.2, -0.15) is 5.10 Å². The predicted molar refractivity (Wildman–Crippen MR) is 93.1 cm³/mol. The Bertz CT molecular complexity index is 911. The summed E-state index contributed by atoms with van der Waals surface area (Å²) in [5, 5.41) is 7.66. The second kappa shape index (κ2) is 4.93. The van der Waals surface area contributed by atoms with Crippen LogP contribution in [0.5, 0.6) is 0 Å². The second-order valence-electron chi connectivity index (χ2n) is 7.43. The number of hydrogen-bond acceptors (Lipinski definition) is 3. The Hall–Kier alpha value is -2.63. The van der Waals surface area contributed by atoms with Gasteiger partial charge in [-0.25, -0.2) is 4.98 Å². The third-order valence-corrected chi connectivity index (χ3v) is 4.53. The van der Waals surface area contributed by atoms with E-state index in [4.69, 9.17) is 4.98 Å². The molecule has 3 aromatic rings. The molecule has 124 valence electrons. The number of carbonyl (C=O) groups is 1. The van der Waals surface area contributed by atoms with Crippen LogP contribution in [-0.2, 0) is 17.3 Å². The van der Waals surface area contributed by atoms with Crippen molar-refractivity contribution in [3.63, 3.8) is 0 Å². The lowest BCUT2D eigenvalue weighted by molar-refractivity contribution is -0.116. The zero-order valence-corrected chi connectivity index (χ0v) is 14.3. The molecule has 0 aliphatic carbocycles. The fourth-order valence-electron chi connectivity index (χ4n) is 3.41. The lowest BCUT2D eigenvalue weighted by atomic mass is 9.82. The van der Waals surface area contributed by atoms with Gasteiger partial charge in [0.05, 0.1) is 22.6 Å². The van der Waals surface area contributed by atoms with Gasteiger partial charge in [0, 0.05) is 24.4 Å². The van der Waals surface area contributed by atoms with Gasteiger partial charge in [-0.05, 0) is 12.1 Å². The topological polar surface area (TPSA) is 75.6 Å². The number of imidazole rings is 1. The molecule has 0 bridgehead atoms. The van der Waals surface area contributed by atoms with Crippen LogP contribution in [0.4, 0.5) is 5.82 Å². The van der Waals surface area contributed by atoms with Crippen molar-refractivity contribution < 1.29 is 4.79 Å². The van der Waals surface area contributed by atoms with Gasteiger partial charge in [-0.3, -0.25) is 9.48 Å². The highest BCUT2D eigenvalue weighted by Crippen LogP contribution is 2.42. The molecule has 4 rings (SSSR count). The molecule has 2 aromatic heterocycles. The van der Waals surface area contributed by atoms with Crippen molar-refractivity contribution in [2.45, 2.75) is 38.5 Å². The van der Waals surface area contributed by atoms with Crippen LogP contribution in [0.25, 0.3) is 11.0 Å². The molecule has 0 radical (unpaired) electrons. The van der Waals surface area contributed by atoms with E-state index in [0.717, 1.165) is 33.9 Å². The maximum atomic E-state index is 12.2. The van der Waals surface area contributed by atoms with Crippen LogP contribution in [0.2, 0.25) is 0 Å². The predicted octanol–water partition coefficient (Wildman–Crippen LogP) is 3.07. The van der Waals surface area contributed by atoms with Gasteiger partial charge in [0.25, 0.3) is 0 Å². The maximum absolute atomic E-state index is 12.2. The third kappa shape index (κ3) is 2.21. The number of amides is 1. The minimum absolute atomic E-state index is 0.00332. The Morgan fingerprint density at radius 3 is 2.71 bits per heavy atom. The Kier molecular flexibility index (Phi) is 3.07. The van der Waals surface area contributed by atoms with Crippen molar-refractivity contribution in [1.29, 1.82) is 0 Å². The number of carbonyl (C=O) groups excluding carboxylic acids is 1. The van der Waals surface area contributed by atoms with Crippen LogP contribution >= 0.6 is 0 Å². The zero-order chi connectivity index (χ0) is 17.1. The number of para-hydroxylation sites is 2. The number of aromatic nitrogens is 4. The number of aryl methyl sites for hydroxylation is 1. The first kappa shape index (κ1) is 14.9. The van der Waals surface area contributed by atoms with E-state index >= 15 is 0 Å². The number of fused-ring (bicyclic) bond motifs is 2. The summed E-state index contributed by atoms with van der Waals surface area (Å²) in [6, 6.07) is 7.93. The molecule has 0 saturated carbocycles. The average molecular weight is 323 g/mol. The summed E-state index contributed by atoms with van der Waals surface area (Å²) in [5.74, 6) is 1.49. The lowest BCUT2D eigenvalue weighted by Crippen LogP contribution is -2.26. The first-order chi connectivity index (χ1) is 11.3. The van der Waals surface area contributed by atoms with Crippen molar-refractivity contribution in [1.82, 2.24) is 19.7 Å². The minimum Gasteiger partial charge on any atom is -0.341 e. The number of nitrogens with one attached hydrogen (secondary N) is 2. The van der Waals surface area contributed by atoms with Crippen molar-refractivity contribution in [3.8, 4) is 0 Å². The fourth-order valence-corrected chi connectivity index (χ4v) is 3.41. The second-order valence-corrected chi connectivity index (χ2v) is 7.43. The molecule has 1 amide bonds. The summed E-state index contributed by atoms with van der Waals surface area (Å²) in [5.41, 5.74) is 3.87.